The van der Waals surface area contributed by atoms with Crippen molar-refractivity contribution in [1.82, 2.24) is 14.8 Å². The highest BCUT2D eigenvalue weighted by Gasteiger charge is 2.18. The highest BCUT2D eigenvalue weighted by Crippen LogP contribution is 2.22. The molecule has 0 aliphatic carbocycles. The first-order valence-electron chi connectivity index (χ1n) is 7.18. The van der Waals surface area contributed by atoms with Gasteiger partial charge in [-0.25, -0.2) is 8.78 Å². The van der Waals surface area contributed by atoms with Crippen LogP contribution in [0.15, 0.2) is 18.2 Å². The Morgan fingerprint density at radius 3 is 2.91 bits per heavy atom. The van der Waals surface area contributed by atoms with Crippen LogP contribution in [0.5, 0.6) is 0 Å². The third-order valence-electron chi connectivity index (χ3n) is 3.73. The lowest BCUT2D eigenvalue weighted by Gasteiger charge is -2.06. The smallest absolute Gasteiger partial charge is 0.174 e. The van der Waals surface area contributed by atoms with E-state index in [9.17, 15) is 14.0 Å². The van der Waals surface area contributed by atoms with E-state index >= 15 is 0 Å². The summed E-state index contributed by atoms with van der Waals surface area (Å²) < 4.78 is 28.9. The summed E-state index contributed by atoms with van der Waals surface area (Å²) in [6.07, 6.45) is 5.28. The Labute approximate surface area is 126 Å². The number of hydrogen-bond acceptors (Lipinski definition) is 3. The molecule has 0 saturated carbocycles. The predicted molar refractivity (Wildman–Crippen MR) is 77.4 cm³/mol. The van der Waals surface area contributed by atoms with Crippen LogP contribution in [-0.4, -0.2) is 14.8 Å². The van der Waals surface area contributed by atoms with E-state index in [0.29, 0.717) is 5.82 Å². The Bertz CT molecular complexity index is 771. The van der Waals surface area contributed by atoms with E-state index in [4.69, 9.17) is 0 Å². The van der Waals surface area contributed by atoms with Crippen molar-refractivity contribution in [2.75, 3.05) is 0 Å². The van der Waals surface area contributed by atoms with Gasteiger partial charge in [0.25, 0.3) is 0 Å². The molecule has 2 heterocycles. The second kappa shape index (κ2) is 6.06. The van der Waals surface area contributed by atoms with E-state index in [2.05, 4.69) is 10.2 Å². The fourth-order valence-corrected chi connectivity index (χ4v) is 2.61. The van der Waals surface area contributed by atoms with E-state index in [0.717, 1.165) is 56.3 Å². The Morgan fingerprint density at radius 1 is 1.23 bits per heavy atom. The second-order valence-corrected chi connectivity index (χ2v) is 5.24. The van der Waals surface area contributed by atoms with Crippen LogP contribution < -0.4 is 0 Å². The largest absolute Gasteiger partial charge is 0.310 e. The van der Waals surface area contributed by atoms with Gasteiger partial charge in [-0.1, -0.05) is 6.42 Å². The minimum atomic E-state index is -0.579. The summed E-state index contributed by atoms with van der Waals surface area (Å²) in [5.74, 6) is 0.131. The first-order valence-corrected chi connectivity index (χ1v) is 7.18. The van der Waals surface area contributed by atoms with Crippen LogP contribution in [0.3, 0.4) is 0 Å². The van der Waals surface area contributed by atoms with Crippen molar-refractivity contribution in [2.45, 2.75) is 32.2 Å². The van der Waals surface area contributed by atoms with Crippen LogP contribution in [0.1, 0.15) is 36.5 Å². The molecule has 0 fully saturated rings. The van der Waals surface area contributed by atoms with Gasteiger partial charge < -0.3 is 4.57 Å². The molecule has 0 radical (unpaired) electrons. The SMILES string of the molecule is N#CC(=Cc1cc(F)ccc1F)c1nnc2n1CCCCC2. The van der Waals surface area contributed by atoms with Gasteiger partial charge in [0.15, 0.2) is 5.82 Å². The second-order valence-electron chi connectivity index (χ2n) is 5.24. The van der Waals surface area contributed by atoms with Crippen molar-refractivity contribution >= 4 is 11.6 Å². The number of allylic oxidation sites excluding steroid dienone is 1. The summed E-state index contributed by atoms with van der Waals surface area (Å²) in [6, 6.07) is 5.17. The molecule has 6 heteroatoms. The van der Waals surface area contributed by atoms with Crippen LogP contribution in [0, 0.1) is 23.0 Å². The minimum Gasteiger partial charge on any atom is -0.310 e. The van der Waals surface area contributed by atoms with Crippen molar-refractivity contribution in [3.63, 3.8) is 0 Å². The third kappa shape index (κ3) is 2.75. The number of nitrogens with zero attached hydrogens (tertiary/aromatic N) is 4. The molecule has 1 aliphatic heterocycles. The fraction of sp³-hybridized carbons (Fsp3) is 0.312. The normalized spacial score (nSPS) is 15.0. The Hall–Kier alpha value is -2.55. The van der Waals surface area contributed by atoms with Crippen LogP contribution in [0.2, 0.25) is 0 Å². The number of rotatable bonds is 2. The summed E-state index contributed by atoms with van der Waals surface area (Å²) in [4.78, 5) is 0. The van der Waals surface area contributed by atoms with Gasteiger partial charge in [0, 0.05) is 18.5 Å². The highest BCUT2D eigenvalue weighted by molar-refractivity contribution is 5.87. The zero-order valence-corrected chi connectivity index (χ0v) is 11.9. The van der Waals surface area contributed by atoms with Crippen LogP contribution in [-0.2, 0) is 13.0 Å². The van der Waals surface area contributed by atoms with Gasteiger partial charge >= 0.3 is 0 Å². The van der Waals surface area contributed by atoms with Crippen molar-refractivity contribution in [3.8, 4) is 6.07 Å². The lowest BCUT2D eigenvalue weighted by molar-refractivity contribution is 0.598. The number of halogens is 2. The van der Waals surface area contributed by atoms with Crippen molar-refractivity contribution in [2.24, 2.45) is 0 Å². The van der Waals surface area contributed by atoms with E-state index < -0.39 is 11.6 Å². The quantitative estimate of drug-likeness (QED) is 0.799. The van der Waals surface area contributed by atoms with E-state index in [-0.39, 0.29) is 11.1 Å². The fourth-order valence-electron chi connectivity index (χ4n) is 2.61. The number of hydrogen-bond donors (Lipinski definition) is 0. The summed E-state index contributed by atoms with van der Waals surface area (Å²) in [6.45, 7) is 0.738. The lowest BCUT2D eigenvalue weighted by Crippen LogP contribution is -2.05. The first-order chi connectivity index (χ1) is 10.7. The average Bonchev–Trinajstić information content (AvgIpc) is 2.76. The lowest BCUT2D eigenvalue weighted by atomic mass is 10.1. The maximum Gasteiger partial charge on any atom is 0.174 e. The molecule has 1 aromatic carbocycles. The molecular formula is C16H14F2N4. The van der Waals surface area contributed by atoms with Gasteiger partial charge in [-0.2, -0.15) is 5.26 Å². The number of aromatic nitrogens is 3. The molecule has 1 aliphatic rings. The topological polar surface area (TPSA) is 54.5 Å². The Kier molecular flexibility index (Phi) is 3.96. The molecule has 0 N–H and O–H groups in total. The molecule has 0 spiro atoms. The standard InChI is InChI=1S/C16H14F2N4/c17-13-5-6-14(18)11(9-13)8-12(10-19)16-21-20-15-4-2-1-3-7-22(15)16/h5-6,8-9H,1-4,7H2. The average molecular weight is 300 g/mol. The molecule has 112 valence electrons. The minimum absolute atomic E-state index is 0.0301. The van der Waals surface area contributed by atoms with Gasteiger partial charge in [0.1, 0.15) is 23.5 Å². The molecule has 2 aromatic rings. The van der Waals surface area contributed by atoms with Crippen molar-refractivity contribution in [3.05, 3.63) is 47.0 Å². The zero-order valence-electron chi connectivity index (χ0n) is 11.9. The molecular weight excluding hydrogens is 286 g/mol. The molecule has 4 nitrogen and oxygen atoms in total. The first kappa shape index (κ1) is 14.4. The molecule has 0 unspecified atom stereocenters. The Morgan fingerprint density at radius 2 is 2.09 bits per heavy atom. The summed E-state index contributed by atoms with van der Waals surface area (Å²) >= 11 is 0. The van der Waals surface area contributed by atoms with Crippen molar-refractivity contribution < 1.29 is 8.78 Å². The number of fused-ring (bicyclic) bond motifs is 1. The molecule has 0 atom stereocenters. The number of aryl methyl sites for hydroxylation is 1. The molecule has 0 bridgehead atoms. The number of benzene rings is 1. The summed E-state index contributed by atoms with van der Waals surface area (Å²) in [5, 5.41) is 17.6. The van der Waals surface area contributed by atoms with Gasteiger partial charge in [-0.05, 0) is 37.1 Å². The molecule has 3 rings (SSSR count). The maximum absolute atomic E-state index is 13.7. The van der Waals surface area contributed by atoms with E-state index in [1.807, 2.05) is 10.6 Å². The van der Waals surface area contributed by atoms with Crippen LogP contribution in [0.25, 0.3) is 11.6 Å². The summed E-state index contributed by atoms with van der Waals surface area (Å²) in [7, 11) is 0. The van der Waals surface area contributed by atoms with Gasteiger partial charge in [0.05, 0.1) is 5.57 Å². The summed E-state index contributed by atoms with van der Waals surface area (Å²) in [5.41, 5.74) is 0.215. The molecule has 0 saturated heterocycles. The van der Waals surface area contributed by atoms with Gasteiger partial charge in [-0.3, -0.25) is 0 Å². The maximum atomic E-state index is 13.7. The van der Waals surface area contributed by atoms with E-state index in [1.165, 1.54) is 6.08 Å². The van der Waals surface area contributed by atoms with Crippen LogP contribution in [0.4, 0.5) is 8.78 Å². The Balaban J connectivity index is 2.05. The highest BCUT2D eigenvalue weighted by atomic mass is 19.1. The molecule has 22 heavy (non-hydrogen) atoms. The van der Waals surface area contributed by atoms with E-state index in [1.54, 1.807) is 0 Å². The zero-order chi connectivity index (χ0) is 15.5. The third-order valence-corrected chi connectivity index (χ3v) is 3.73. The number of nitriles is 1. The van der Waals surface area contributed by atoms with Gasteiger partial charge in [0.2, 0.25) is 0 Å². The monoisotopic (exact) mass is 300 g/mol. The van der Waals surface area contributed by atoms with Crippen molar-refractivity contribution in [1.29, 1.82) is 5.26 Å². The van der Waals surface area contributed by atoms with Crippen LogP contribution >= 0.6 is 0 Å². The molecule has 1 aromatic heterocycles. The predicted octanol–water partition coefficient (Wildman–Crippen LogP) is 3.35. The van der Waals surface area contributed by atoms with Gasteiger partial charge in [-0.15, -0.1) is 10.2 Å². The molecule has 0 amide bonds.